The van der Waals surface area contributed by atoms with Gasteiger partial charge in [0, 0.05) is 22.7 Å². The fourth-order valence-corrected chi connectivity index (χ4v) is 2.89. The number of carbonyl (C=O) groups excluding carboxylic acids is 1. The molecule has 0 spiro atoms. The zero-order valence-corrected chi connectivity index (χ0v) is 12.8. The summed E-state index contributed by atoms with van der Waals surface area (Å²) in [5.74, 6) is -0.436. The van der Waals surface area contributed by atoms with E-state index in [2.05, 4.69) is 11.0 Å². The Hall–Kier alpha value is -1.68. The highest BCUT2D eigenvalue weighted by atomic mass is 32.1. The summed E-state index contributed by atoms with van der Waals surface area (Å²) in [5.41, 5.74) is 1.83. The Balaban J connectivity index is 2.42. The van der Waals surface area contributed by atoms with Crippen molar-refractivity contribution in [3.8, 4) is 0 Å². The van der Waals surface area contributed by atoms with Crippen molar-refractivity contribution >= 4 is 22.8 Å². The van der Waals surface area contributed by atoms with Crippen molar-refractivity contribution in [2.45, 2.75) is 27.3 Å². The van der Waals surface area contributed by atoms with Crippen LogP contribution < -0.4 is 4.90 Å². The second kappa shape index (κ2) is 6.18. The molecule has 2 rings (SSSR count). The Kier molecular flexibility index (Phi) is 4.55. The number of anilines is 1. The zero-order valence-electron chi connectivity index (χ0n) is 11.9. The number of hydrogen-bond acceptors (Lipinski definition) is 3. The third kappa shape index (κ3) is 3.07. The predicted octanol–water partition coefficient (Wildman–Crippen LogP) is 4.42. The lowest BCUT2D eigenvalue weighted by molar-refractivity contribution is 0.101. The van der Waals surface area contributed by atoms with Crippen LogP contribution in [0.2, 0.25) is 0 Å². The zero-order chi connectivity index (χ0) is 14.7. The van der Waals surface area contributed by atoms with E-state index in [0.29, 0.717) is 11.1 Å². The molecule has 106 valence electrons. The van der Waals surface area contributed by atoms with Gasteiger partial charge < -0.3 is 4.90 Å². The lowest BCUT2D eigenvalue weighted by Gasteiger charge is -2.25. The maximum absolute atomic E-state index is 13.7. The van der Waals surface area contributed by atoms with Crippen molar-refractivity contribution in [2.75, 3.05) is 11.4 Å². The van der Waals surface area contributed by atoms with Crippen LogP contribution in [0.15, 0.2) is 29.6 Å². The third-order valence-corrected chi connectivity index (χ3v) is 4.17. The number of rotatable bonds is 5. The normalized spacial score (nSPS) is 10.6. The minimum absolute atomic E-state index is 0.108. The van der Waals surface area contributed by atoms with E-state index < -0.39 is 0 Å². The van der Waals surface area contributed by atoms with Gasteiger partial charge in [-0.2, -0.15) is 0 Å². The van der Waals surface area contributed by atoms with Crippen molar-refractivity contribution in [3.63, 3.8) is 0 Å². The summed E-state index contributed by atoms with van der Waals surface area (Å²) >= 11 is 1.68. The summed E-state index contributed by atoms with van der Waals surface area (Å²) in [6.45, 7) is 6.74. The Morgan fingerprint density at radius 3 is 2.70 bits per heavy atom. The molecule has 0 aliphatic carbocycles. The van der Waals surface area contributed by atoms with Crippen LogP contribution in [0.3, 0.4) is 0 Å². The maximum atomic E-state index is 13.7. The summed E-state index contributed by atoms with van der Waals surface area (Å²) in [6.07, 6.45) is 0. The number of benzene rings is 1. The van der Waals surface area contributed by atoms with Crippen LogP contribution in [-0.4, -0.2) is 12.3 Å². The van der Waals surface area contributed by atoms with E-state index in [4.69, 9.17) is 0 Å². The van der Waals surface area contributed by atoms with Gasteiger partial charge in [-0.25, -0.2) is 4.39 Å². The van der Waals surface area contributed by atoms with Crippen LogP contribution in [0.25, 0.3) is 0 Å². The van der Waals surface area contributed by atoms with E-state index in [1.165, 1.54) is 17.9 Å². The molecule has 0 fully saturated rings. The number of aryl methyl sites for hydroxylation is 1. The minimum Gasteiger partial charge on any atom is -0.366 e. The van der Waals surface area contributed by atoms with E-state index in [1.807, 2.05) is 18.4 Å². The first-order chi connectivity index (χ1) is 9.52. The average molecular weight is 291 g/mol. The summed E-state index contributed by atoms with van der Waals surface area (Å²) < 4.78 is 13.7. The number of halogens is 1. The first kappa shape index (κ1) is 14.7. The van der Waals surface area contributed by atoms with E-state index in [-0.39, 0.29) is 11.6 Å². The van der Waals surface area contributed by atoms with Gasteiger partial charge in [0.2, 0.25) is 0 Å². The van der Waals surface area contributed by atoms with Crippen molar-refractivity contribution in [2.24, 2.45) is 0 Å². The van der Waals surface area contributed by atoms with Gasteiger partial charge in [-0.15, -0.1) is 11.3 Å². The van der Waals surface area contributed by atoms with Gasteiger partial charge in [0.1, 0.15) is 5.82 Å². The highest BCUT2D eigenvalue weighted by molar-refractivity contribution is 7.09. The monoisotopic (exact) mass is 291 g/mol. The second-order valence-corrected chi connectivity index (χ2v) is 5.80. The van der Waals surface area contributed by atoms with E-state index in [9.17, 15) is 9.18 Å². The quantitative estimate of drug-likeness (QED) is 0.760. The topological polar surface area (TPSA) is 20.3 Å². The number of ketones is 1. The van der Waals surface area contributed by atoms with E-state index in [0.717, 1.165) is 18.8 Å². The van der Waals surface area contributed by atoms with Gasteiger partial charge >= 0.3 is 0 Å². The molecular formula is C16H18FNOS. The molecule has 0 unspecified atom stereocenters. The summed E-state index contributed by atoms with van der Waals surface area (Å²) in [5, 5.41) is 2.03. The van der Waals surface area contributed by atoms with Crippen LogP contribution in [0.5, 0.6) is 0 Å². The van der Waals surface area contributed by atoms with Gasteiger partial charge in [-0.1, -0.05) is 6.07 Å². The third-order valence-electron chi connectivity index (χ3n) is 3.31. The molecule has 0 radical (unpaired) electrons. The minimum atomic E-state index is -0.328. The molecule has 1 aromatic carbocycles. The highest BCUT2D eigenvalue weighted by Crippen LogP contribution is 2.27. The fourth-order valence-electron chi connectivity index (χ4n) is 2.17. The summed E-state index contributed by atoms with van der Waals surface area (Å²) in [6, 6.07) is 7.19. The molecule has 0 aliphatic heterocycles. The van der Waals surface area contributed by atoms with E-state index in [1.54, 1.807) is 24.3 Å². The molecule has 2 aromatic rings. The van der Waals surface area contributed by atoms with Crippen LogP contribution in [0.1, 0.15) is 34.6 Å². The fraction of sp³-hybridized carbons (Fsp3) is 0.312. The Labute approximate surface area is 122 Å². The van der Waals surface area contributed by atoms with E-state index >= 15 is 0 Å². The van der Waals surface area contributed by atoms with Crippen molar-refractivity contribution in [1.82, 2.24) is 0 Å². The SMILES string of the molecule is CCN(Cc1cccs1)c1cc(C)c(F)cc1C(C)=O. The van der Waals surface area contributed by atoms with Crippen molar-refractivity contribution < 1.29 is 9.18 Å². The number of hydrogen-bond donors (Lipinski definition) is 0. The predicted molar refractivity (Wildman–Crippen MR) is 82.2 cm³/mol. The largest absolute Gasteiger partial charge is 0.366 e. The Morgan fingerprint density at radius 2 is 2.15 bits per heavy atom. The first-order valence-electron chi connectivity index (χ1n) is 6.61. The standard InChI is InChI=1S/C16H18FNOS/c1-4-18(10-13-6-5-7-20-13)16-8-11(2)15(17)9-14(16)12(3)19/h5-9H,4,10H2,1-3H3. The molecule has 1 heterocycles. The molecule has 4 heteroatoms. The molecule has 0 bridgehead atoms. The van der Waals surface area contributed by atoms with Gasteiger partial charge in [0.25, 0.3) is 0 Å². The van der Waals surface area contributed by atoms with Crippen LogP contribution >= 0.6 is 11.3 Å². The molecular weight excluding hydrogens is 273 g/mol. The summed E-state index contributed by atoms with van der Waals surface area (Å²) in [7, 11) is 0. The average Bonchev–Trinajstić information content (AvgIpc) is 2.91. The maximum Gasteiger partial charge on any atom is 0.161 e. The van der Waals surface area contributed by atoms with Gasteiger partial charge in [-0.3, -0.25) is 4.79 Å². The van der Waals surface area contributed by atoms with Crippen LogP contribution in [0, 0.1) is 12.7 Å². The smallest absolute Gasteiger partial charge is 0.161 e. The molecule has 20 heavy (non-hydrogen) atoms. The molecule has 0 saturated carbocycles. The lowest BCUT2D eigenvalue weighted by atomic mass is 10.0. The molecule has 0 N–H and O–H groups in total. The van der Waals surface area contributed by atoms with Gasteiger partial charge in [-0.05, 0) is 49.9 Å². The van der Waals surface area contributed by atoms with Crippen LogP contribution in [0.4, 0.5) is 10.1 Å². The highest BCUT2D eigenvalue weighted by Gasteiger charge is 2.16. The molecule has 0 saturated heterocycles. The van der Waals surface area contributed by atoms with Crippen molar-refractivity contribution in [3.05, 3.63) is 51.5 Å². The number of Topliss-reactive ketones (excluding diaryl/α,β-unsaturated/α-hetero) is 1. The number of carbonyl (C=O) groups is 1. The summed E-state index contributed by atoms with van der Waals surface area (Å²) in [4.78, 5) is 15.1. The number of thiophene rings is 1. The lowest BCUT2D eigenvalue weighted by Crippen LogP contribution is -2.24. The molecule has 0 atom stereocenters. The Bertz CT molecular complexity index is 607. The second-order valence-electron chi connectivity index (χ2n) is 4.77. The molecule has 1 aromatic heterocycles. The Morgan fingerprint density at radius 1 is 1.40 bits per heavy atom. The molecule has 0 amide bonds. The van der Waals surface area contributed by atoms with Crippen molar-refractivity contribution in [1.29, 1.82) is 0 Å². The number of nitrogens with zero attached hydrogens (tertiary/aromatic N) is 1. The van der Waals surface area contributed by atoms with Crippen LogP contribution in [-0.2, 0) is 6.54 Å². The van der Waals surface area contributed by atoms with Gasteiger partial charge in [0.05, 0.1) is 6.54 Å². The van der Waals surface area contributed by atoms with Gasteiger partial charge in [0.15, 0.2) is 5.78 Å². The first-order valence-corrected chi connectivity index (χ1v) is 7.49. The molecule has 2 nitrogen and oxygen atoms in total. The molecule has 0 aliphatic rings.